The quantitative estimate of drug-likeness (QED) is 0.112. The highest BCUT2D eigenvalue weighted by molar-refractivity contribution is 6.09. The highest BCUT2D eigenvalue weighted by atomic mass is 16.5. The van der Waals surface area contributed by atoms with Crippen LogP contribution in [0.15, 0.2) is 182 Å². The predicted octanol–water partition coefficient (Wildman–Crippen LogP) is 18.9. The first-order valence-electron chi connectivity index (χ1n) is 43.8. The van der Waals surface area contributed by atoms with Gasteiger partial charge in [0.05, 0.1) is 41.7 Å². The van der Waals surface area contributed by atoms with Crippen molar-refractivity contribution < 1.29 is 60.0 Å². The molecule has 3 aromatic heterocycles. The van der Waals surface area contributed by atoms with Crippen LogP contribution in [0.5, 0.6) is 11.5 Å². The molecule has 0 fully saturated rings. The monoisotopic (exact) mass is 1070 g/mol. The lowest BCUT2D eigenvalue weighted by molar-refractivity contribution is -0.571. The molecular weight excluding hydrogens is 961 g/mol. The van der Waals surface area contributed by atoms with E-state index in [1.165, 1.54) is 47.2 Å². The summed E-state index contributed by atoms with van der Waals surface area (Å²) in [6.45, 7) is -30.5. The number of benzene rings is 8. The van der Waals surface area contributed by atoms with Gasteiger partial charge < -0.3 is 4.74 Å². The van der Waals surface area contributed by atoms with Gasteiger partial charge in [-0.2, -0.15) is 0 Å². The minimum Gasteiger partial charge on any atom is -0.458 e. The smallest absolute Gasteiger partial charge is 0.269 e. The number of aromatic nitrogens is 4. The van der Waals surface area contributed by atoms with Crippen LogP contribution in [-0.2, 0) is 27.1 Å². The number of rotatable bonds is 8. The number of para-hydroxylation sites is 4. The van der Waals surface area contributed by atoms with E-state index in [9.17, 15) is 13.7 Å². The second-order valence-electron chi connectivity index (χ2n) is 21.2. The molecule has 0 atom stereocenters. The largest absolute Gasteiger partial charge is 0.458 e. The minimum absolute atomic E-state index is 0.0293. The molecule has 2 aliphatic carbocycles. The van der Waals surface area contributed by atoms with Crippen molar-refractivity contribution in [1.29, 1.82) is 0 Å². The average Bonchev–Trinajstić information content (AvgIpc) is 0.871. The summed E-state index contributed by atoms with van der Waals surface area (Å²) in [4.78, 5) is 4.90. The van der Waals surface area contributed by atoms with Crippen molar-refractivity contribution in [3.05, 3.63) is 222 Å². The van der Waals surface area contributed by atoms with E-state index in [4.69, 9.17) is 46.7 Å². The molecule has 0 unspecified atom stereocenters. The van der Waals surface area contributed by atoms with Crippen LogP contribution < -0.4 is 9.30 Å². The van der Waals surface area contributed by atoms with Crippen LogP contribution in [0, 0.1) is 13.2 Å². The third-order valence-electron chi connectivity index (χ3n) is 14.7. The van der Waals surface area contributed by atoms with Gasteiger partial charge in [-0.05, 0) is 157 Å². The van der Waals surface area contributed by atoms with E-state index >= 15 is 0 Å². The fraction of sp³-hybridized carbons (Fsp3) is 0.270. The summed E-state index contributed by atoms with van der Waals surface area (Å²) in [6, 6.07) is 27.6. The molecule has 0 saturated heterocycles. The van der Waals surface area contributed by atoms with E-state index in [2.05, 4.69) is 6.33 Å². The van der Waals surface area contributed by atoms with Crippen LogP contribution in [0.4, 0.5) is 0 Å². The summed E-state index contributed by atoms with van der Waals surface area (Å²) in [6.07, 6.45) is -6.72. The molecule has 79 heavy (non-hydrogen) atoms. The molecule has 394 valence electrons. The van der Waals surface area contributed by atoms with Crippen molar-refractivity contribution in [2.45, 2.75) is 129 Å². The van der Waals surface area contributed by atoms with Crippen molar-refractivity contribution in [2.24, 2.45) is 0 Å². The molecule has 3 heterocycles. The van der Waals surface area contributed by atoms with Gasteiger partial charge in [0.25, 0.3) is 6.33 Å². The van der Waals surface area contributed by atoms with Gasteiger partial charge in [0.1, 0.15) is 17.3 Å². The van der Waals surface area contributed by atoms with Crippen molar-refractivity contribution >= 4 is 32.8 Å². The summed E-state index contributed by atoms with van der Waals surface area (Å²) in [5.41, 5.74) is -24.4. The zero-order chi connectivity index (χ0) is 86.3. The zero-order valence-electron chi connectivity index (χ0n) is 79.8. The highest BCUT2D eigenvalue weighted by Gasteiger charge is 2.42. The molecule has 0 bridgehead atoms. The first-order chi connectivity index (χ1) is 52.9. The van der Waals surface area contributed by atoms with E-state index in [1.54, 1.807) is 41.0 Å². The minimum atomic E-state index is -4.80. The number of fused-ring (bicyclic) bond motifs is 6. The molecule has 2 aliphatic rings. The molecule has 0 amide bonds. The summed E-state index contributed by atoms with van der Waals surface area (Å²) >= 11 is 0. The molecule has 0 N–H and O–H groups in total. The summed E-state index contributed by atoms with van der Waals surface area (Å²) in [7, 11) is 0. The van der Waals surface area contributed by atoms with Gasteiger partial charge in [-0.15, -0.1) is 0 Å². The third-order valence-corrected chi connectivity index (χ3v) is 14.7. The Balaban J connectivity index is 1.11. The van der Waals surface area contributed by atoms with Crippen molar-refractivity contribution in [3.63, 3.8) is 0 Å². The van der Waals surface area contributed by atoms with Crippen LogP contribution in [-0.4, -0.2) is 14.1 Å². The highest BCUT2D eigenvalue weighted by Crippen LogP contribution is 2.52. The second-order valence-corrected chi connectivity index (χ2v) is 21.2. The Bertz CT molecular complexity index is 5810. The van der Waals surface area contributed by atoms with Crippen molar-refractivity contribution in [1.82, 2.24) is 14.1 Å². The molecule has 5 heteroatoms. The lowest BCUT2D eigenvalue weighted by Gasteiger charge is -2.42. The Labute approximate surface area is 519 Å². The van der Waals surface area contributed by atoms with Crippen LogP contribution in [0.25, 0.3) is 83.4 Å². The zero-order valence-corrected chi connectivity index (χ0v) is 42.8. The molecular formula is C74H72N4O. The Hall–Kier alpha value is -8.02. The van der Waals surface area contributed by atoms with Crippen LogP contribution >= 0.6 is 0 Å². The lowest BCUT2D eigenvalue weighted by Crippen LogP contribution is -2.34. The fourth-order valence-corrected chi connectivity index (χ4v) is 10.8. The number of nitrogens with zero attached hydrogens (tertiary/aromatic N) is 4. The summed E-state index contributed by atoms with van der Waals surface area (Å²) in [5.74, 6) is 0.580. The number of aryl methyl sites for hydroxylation is 1. The van der Waals surface area contributed by atoms with Gasteiger partial charge in [-0.25, -0.2) is 4.98 Å². The van der Waals surface area contributed by atoms with Gasteiger partial charge in [-0.3, -0.25) is 13.7 Å². The lowest BCUT2D eigenvalue weighted by atomic mass is 9.63. The predicted molar refractivity (Wildman–Crippen MR) is 328 cm³/mol. The first-order valence-corrected chi connectivity index (χ1v) is 25.3. The van der Waals surface area contributed by atoms with Gasteiger partial charge in [-0.1, -0.05) is 203 Å². The van der Waals surface area contributed by atoms with Crippen molar-refractivity contribution in [2.75, 3.05) is 0 Å². The second kappa shape index (κ2) is 18.0. The number of imidazole rings is 1. The van der Waals surface area contributed by atoms with E-state index < -0.39 is 189 Å². The fourth-order valence-electron chi connectivity index (χ4n) is 10.8. The number of ether oxygens (including phenoxy) is 1. The maximum Gasteiger partial charge on any atom is 0.269 e. The van der Waals surface area contributed by atoms with Gasteiger partial charge >= 0.3 is 0 Å². The van der Waals surface area contributed by atoms with Crippen LogP contribution in [0.1, 0.15) is 179 Å². The standard InChI is InChI=1S/C74H72N4O/c1-47-38-68(75-44-59(47)48-20-17-21-51(39-48)70(2,3)4)78-64-27-14-13-24-57(64)58-33-32-54(43-67(58)78)79-53-23-18-22-52(42-53)76-46-77(66-29-16-15-28-65(66)76)69-55(49-30-34-60-62(40-49)72(7,8)37-36-71(60,5)6)25-19-26-56(69)50-31-35-61-63(41-50)74(11,12)45-73(61,9)10/h13-35,38-44H,36-37,45H2,1-12H3/i1D3,5D3,6D3,7D3,8D3,9D3,10D3,11D3,12D3,30D,31D,34D,35D,36D2,37D2,40D,41D. The number of hydrogen-bond acceptors (Lipinski definition) is 2. The molecule has 0 aliphatic heterocycles. The molecule has 0 spiro atoms. The maximum atomic E-state index is 10.4. The van der Waals surface area contributed by atoms with Gasteiger partial charge in [0.2, 0.25) is 0 Å². The Morgan fingerprint density at radius 1 is 0.582 bits per heavy atom. The SMILES string of the molecule is [2H]c1c([2H])c2c(c([2H])c1-c1cccc(-c3c([2H])c([2H])c4c(c3[2H])C(C([2H])([2H])[2H])(C([2H])([2H])[2H])C([2H])([2H])C([2H])([2H])C4(C([2H])([2H])[2H])C([2H])([2H])[2H])c1-[n+]1[c-]n(-c3cccc(Oc4ccc5c6ccccc6n(-c6cc(C([2H])([2H])[2H])c(-c7cccc(C(C)(C)C)c7)cn6)c5c4)c3)c3ccccc31)C(C([2H])([2H])[2H])(C([2H])([2H])[2H])CC2(C([2H])([2H])[2H])C([2H])([2H])[2H]. The summed E-state index contributed by atoms with van der Waals surface area (Å²) < 4.78 is 351. The van der Waals surface area contributed by atoms with E-state index in [1.807, 2.05) is 69.3 Å². The van der Waals surface area contributed by atoms with E-state index in [0.29, 0.717) is 27.5 Å². The first kappa shape index (κ1) is 24.1. The molecule has 13 rings (SSSR count). The molecule has 5 nitrogen and oxygen atoms in total. The molecule has 0 radical (unpaired) electrons. The Morgan fingerprint density at radius 3 is 1.95 bits per heavy atom. The average molecular weight is 1070 g/mol. The number of hydrogen-bond donors (Lipinski definition) is 0. The Morgan fingerprint density at radius 2 is 1.22 bits per heavy atom. The normalized spacial score (nSPS) is 25.7. The molecule has 0 saturated carbocycles. The third kappa shape index (κ3) is 8.51. The van der Waals surface area contributed by atoms with Crippen LogP contribution in [0.3, 0.4) is 0 Å². The maximum absolute atomic E-state index is 10.4. The molecule has 11 aromatic rings. The topological polar surface area (TPSA) is 35.9 Å². The Kier molecular flexibility index (Phi) is 5.50. The molecule has 8 aromatic carbocycles. The van der Waals surface area contributed by atoms with Crippen LogP contribution in [0.2, 0.25) is 0 Å². The van der Waals surface area contributed by atoms with E-state index in [0.717, 1.165) is 33.7 Å². The van der Waals surface area contributed by atoms with E-state index in [-0.39, 0.29) is 45.0 Å². The number of pyridine rings is 1. The van der Waals surface area contributed by atoms with Crippen molar-refractivity contribution in [3.8, 4) is 62.1 Å². The van der Waals surface area contributed by atoms with Gasteiger partial charge in [0.15, 0.2) is 0 Å². The summed E-state index contributed by atoms with van der Waals surface area (Å²) in [5, 5.41) is 1.47. The van der Waals surface area contributed by atoms with Gasteiger partial charge in [0, 0.05) is 71.1 Å².